The van der Waals surface area contributed by atoms with Crippen LogP contribution in [0.1, 0.15) is 45.7 Å². The van der Waals surface area contributed by atoms with Gasteiger partial charge in [0.05, 0.1) is 18.3 Å². The smallest absolute Gasteiger partial charge is 0.361 e. The lowest BCUT2D eigenvalue weighted by molar-refractivity contribution is 0.228. The number of benzene rings is 2. The lowest BCUT2D eigenvalue weighted by Gasteiger charge is -2.23. The van der Waals surface area contributed by atoms with Crippen LogP contribution in [0.15, 0.2) is 35.4 Å². The molecule has 0 aliphatic carbocycles. The normalized spacial score (nSPS) is 13.4. The largest absolute Gasteiger partial charge is 0.507 e. The Morgan fingerprint density at radius 2 is 1.69 bits per heavy atom. The van der Waals surface area contributed by atoms with Gasteiger partial charge in [0.1, 0.15) is 5.75 Å². The number of phenols is 1. The molecule has 4 nitrogen and oxygen atoms in total. The maximum atomic E-state index is 13.0. The van der Waals surface area contributed by atoms with Gasteiger partial charge in [-0.25, -0.2) is 0 Å². The van der Waals surface area contributed by atoms with Crippen molar-refractivity contribution < 1.29 is 18.7 Å². The van der Waals surface area contributed by atoms with Crippen LogP contribution >= 0.6 is 16.8 Å². The minimum Gasteiger partial charge on any atom is -0.507 e. The minimum absolute atomic E-state index is 0.235. The molecule has 0 aliphatic rings. The summed E-state index contributed by atoms with van der Waals surface area (Å²) in [4.78, 5) is 0. The van der Waals surface area contributed by atoms with E-state index in [2.05, 4.69) is 30.0 Å². The Morgan fingerprint density at radius 3 is 2.19 bits per heavy atom. The van der Waals surface area contributed by atoms with Gasteiger partial charge in [-0.15, -0.1) is 0 Å². The third-order valence-electron chi connectivity index (χ3n) is 4.07. The Balaban J connectivity index is 2.72. The van der Waals surface area contributed by atoms with Gasteiger partial charge >= 0.3 is 7.60 Å². The minimum atomic E-state index is -3.36. The van der Waals surface area contributed by atoms with Crippen molar-refractivity contribution >= 4 is 33.7 Å². The average Bonchev–Trinajstić information content (AvgIpc) is 2.56. The Bertz CT molecular complexity index is 856. The molecule has 2 rings (SSSR count). The van der Waals surface area contributed by atoms with Gasteiger partial charge in [0.2, 0.25) is 0 Å². The SMILES string of the molecule is CCOP(=O)(OCC)C(P)=Cc1cc(C(C)(C)C)c(O)c2ccccc12. The van der Waals surface area contributed by atoms with E-state index in [1.54, 1.807) is 13.8 Å². The molecule has 2 aromatic carbocycles. The molecule has 0 saturated heterocycles. The number of hydrogen-bond acceptors (Lipinski definition) is 4. The summed E-state index contributed by atoms with van der Waals surface area (Å²) in [6.45, 7) is 10.3. The fourth-order valence-corrected chi connectivity index (χ4v) is 4.82. The Labute approximate surface area is 158 Å². The van der Waals surface area contributed by atoms with Crippen molar-refractivity contribution in [1.82, 2.24) is 0 Å². The lowest BCUT2D eigenvalue weighted by Crippen LogP contribution is -2.11. The summed E-state index contributed by atoms with van der Waals surface area (Å²) < 4.78 is 23.9. The van der Waals surface area contributed by atoms with E-state index in [1.807, 2.05) is 36.4 Å². The quantitative estimate of drug-likeness (QED) is 0.586. The first-order chi connectivity index (χ1) is 12.1. The molecule has 1 unspecified atom stereocenters. The van der Waals surface area contributed by atoms with E-state index in [4.69, 9.17) is 9.05 Å². The summed E-state index contributed by atoms with van der Waals surface area (Å²) in [5.41, 5.74) is 1.47. The van der Waals surface area contributed by atoms with Crippen LogP contribution in [0, 0.1) is 0 Å². The number of phenolic OH excluding ortho intramolecular Hbond substituents is 1. The lowest BCUT2D eigenvalue weighted by atomic mass is 9.83. The zero-order valence-electron chi connectivity index (χ0n) is 16.1. The predicted molar refractivity (Wildman–Crippen MR) is 113 cm³/mol. The standard InChI is InChI=1S/C20H28O4P2/c1-6-23-26(22,24-7-2)18(25)13-14-12-17(20(3,4)5)19(21)16-11-9-8-10-15(14)16/h8-13,21H,6-7,25H2,1-5H3. The van der Waals surface area contributed by atoms with Crippen molar-refractivity contribution in [3.05, 3.63) is 46.5 Å². The highest BCUT2D eigenvalue weighted by Crippen LogP contribution is 2.59. The molecular formula is C20H28O4P2. The maximum Gasteiger partial charge on any atom is 0.361 e. The molecule has 0 radical (unpaired) electrons. The van der Waals surface area contributed by atoms with Crippen LogP contribution in [0.3, 0.4) is 0 Å². The fraction of sp³-hybridized carbons (Fsp3) is 0.400. The van der Waals surface area contributed by atoms with Crippen LogP contribution in [0.5, 0.6) is 5.75 Å². The third kappa shape index (κ3) is 4.38. The molecule has 0 heterocycles. The first-order valence-corrected chi connectivity index (χ1v) is 10.9. The van der Waals surface area contributed by atoms with Crippen LogP contribution in [0.2, 0.25) is 0 Å². The van der Waals surface area contributed by atoms with Gasteiger partial charge < -0.3 is 14.2 Å². The van der Waals surface area contributed by atoms with Gasteiger partial charge in [-0.1, -0.05) is 54.3 Å². The van der Waals surface area contributed by atoms with Crippen molar-refractivity contribution in [2.45, 2.75) is 40.0 Å². The summed E-state index contributed by atoms with van der Waals surface area (Å²) in [6.07, 6.45) is 1.81. The number of fused-ring (bicyclic) bond motifs is 1. The molecule has 0 fully saturated rings. The van der Waals surface area contributed by atoms with Crippen LogP contribution in [-0.2, 0) is 19.0 Å². The van der Waals surface area contributed by atoms with Gasteiger partial charge in [-0.05, 0) is 42.4 Å². The highest BCUT2D eigenvalue weighted by atomic mass is 31.2. The van der Waals surface area contributed by atoms with E-state index < -0.39 is 7.60 Å². The zero-order valence-corrected chi connectivity index (χ0v) is 18.1. The van der Waals surface area contributed by atoms with E-state index in [0.717, 1.165) is 21.9 Å². The van der Waals surface area contributed by atoms with E-state index in [-0.39, 0.29) is 11.2 Å². The molecule has 1 N–H and O–H groups in total. The van der Waals surface area contributed by atoms with Crippen LogP contribution in [0.25, 0.3) is 16.8 Å². The summed E-state index contributed by atoms with van der Waals surface area (Å²) in [7, 11) is -0.865. The second kappa shape index (κ2) is 8.23. The molecule has 1 atom stereocenters. The van der Waals surface area contributed by atoms with Gasteiger partial charge in [-0.3, -0.25) is 4.57 Å². The molecule has 0 aliphatic heterocycles. The molecule has 0 aromatic heterocycles. The van der Waals surface area contributed by atoms with E-state index in [0.29, 0.717) is 18.3 Å². The van der Waals surface area contributed by atoms with Gasteiger partial charge in [0.25, 0.3) is 0 Å². The summed E-state index contributed by atoms with van der Waals surface area (Å²) in [6, 6.07) is 9.60. The van der Waals surface area contributed by atoms with Gasteiger partial charge in [0, 0.05) is 10.9 Å². The van der Waals surface area contributed by atoms with Gasteiger partial charge in [-0.2, -0.15) is 0 Å². The van der Waals surface area contributed by atoms with Crippen molar-refractivity contribution in [2.24, 2.45) is 0 Å². The van der Waals surface area contributed by atoms with E-state index in [1.165, 1.54) is 0 Å². The molecule has 0 bridgehead atoms. The molecular weight excluding hydrogens is 366 g/mol. The second-order valence-corrected chi connectivity index (χ2v) is 10.2. The van der Waals surface area contributed by atoms with E-state index in [9.17, 15) is 9.67 Å². The Kier molecular flexibility index (Phi) is 6.69. The third-order valence-corrected chi connectivity index (χ3v) is 7.15. The van der Waals surface area contributed by atoms with Crippen LogP contribution < -0.4 is 0 Å². The monoisotopic (exact) mass is 394 g/mol. The molecule has 0 spiro atoms. The Morgan fingerprint density at radius 1 is 1.15 bits per heavy atom. The van der Waals surface area contributed by atoms with Crippen molar-refractivity contribution in [2.75, 3.05) is 13.2 Å². The highest BCUT2D eigenvalue weighted by molar-refractivity contribution is 7.68. The molecule has 0 amide bonds. The molecule has 142 valence electrons. The number of rotatable bonds is 6. The van der Waals surface area contributed by atoms with Gasteiger partial charge in [0.15, 0.2) is 0 Å². The predicted octanol–water partition coefficient (Wildman–Crippen LogP) is 6.28. The van der Waals surface area contributed by atoms with Crippen molar-refractivity contribution in [3.63, 3.8) is 0 Å². The molecule has 26 heavy (non-hydrogen) atoms. The van der Waals surface area contributed by atoms with E-state index >= 15 is 0 Å². The summed E-state index contributed by atoms with van der Waals surface area (Å²) in [5.74, 6) is 0.286. The van der Waals surface area contributed by atoms with Crippen LogP contribution in [0.4, 0.5) is 0 Å². The summed E-state index contributed by atoms with van der Waals surface area (Å²) in [5, 5.41) is 12.9. The highest BCUT2D eigenvalue weighted by Gasteiger charge is 2.27. The molecule has 2 aromatic rings. The molecule has 6 heteroatoms. The second-order valence-electron chi connectivity index (χ2n) is 7.06. The number of hydrogen-bond donors (Lipinski definition) is 1. The number of aromatic hydroxyl groups is 1. The van der Waals surface area contributed by atoms with Crippen molar-refractivity contribution in [3.8, 4) is 5.75 Å². The maximum absolute atomic E-state index is 13.0. The Hall–Kier alpha value is -1.18. The summed E-state index contributed by atoms with van der Waals surface area (Å²) >= 11 is 0. The van der Waals surface area contributed by atoms with Crippen molar-refractivity contribution in [1.29, 1.82) is 0 Å². The fourth-order valence-electron chi connectivity index (χ4n) is 2.84. The zero-order chi connectivity index (χ0) is 19.5. The van der Waals surface area contributed by atoms with Crippen LogP contribution in [-0.4, -0.2) is 18.3 Å². The molecule has 0 saturated carbocycles. The first-order valence-electron chi connectivity index (χ1n) is 8.76. The average molecular weight is 394 g/mol. The first kappa shape index (κ1) is 21.1. The topological polar surface area (TPSA) is 55.8 Å².